The van der Waals surface area contributed by atoms with Crippen molar-refractivity contribution >= 4 is 66.7 Å². The second-order valence-electron chi connectivity index (χ2n) is 11.4. The summed E-state index contributed by atoms with van der Waals surface area (Å²) in [6.07, 6.45) is 2.71. The molecule has 252 valence electrons. The Hall–Kier alpha value is -5.13. The van der Waals surface area contributed by atoms with Crippen molar-refractivity contribution in [2.45, 2.75) is 39.5 Å². The molecule has 0 saturated heterocycles. The van der Waals surface area contributed by atoms with Crippen molar-refractivity contribution in [3.05, 3.63) is 75.5 Å². The Labute approximate surface area is 291 Å². The molecule has 0 saturated carbocycles. The number of thiazole rings is 2. The zero-order chi connectivity index (χ0) is 34.5. The number of anilines is 4. The fourth-order valence-corrected chi connectivity index (χ4v) is 7.26. The largest absolute Gasteiger partial charge is 0.491 e. The molecule has 3 aromatic heterocycles. The lowest BCUT2D eigenvalue weighted by atomic mass is 10.0. The number of esters is 1. The van der Waals surface area contributed by atoms with Gasteiger partial charge in [-0.25, -0.2) is 19.2 Å². The summed E-state index contributed by atoms with van der Waals surface area (Å²) in [4.78, 5) is 37.7. The highest BCUT2D eigenvalue weighted by Crippen LogP contribution is 2.39. The van der Waals surface area contributed by atoms with Crippen LogP contribution in [0.1, 0.15) is 51.8 Å². The zero-order valence-electron chi connectivity index (χ0n) is 27.5. The van der Waals surface area contributed by atoms with E-state index in [1.165, 1.54) is 42.4 Å². The third-order valence-corrected chi connectivity index (χ3v) is 10.1. The number of carbonyl (C=O) groups excluding carboxylic acids is 2. The third-order valence-electron chi connectivity index (χ3n) is 8.03. The predicted octanol–water partition coefficient (Wildman–Crippen LogP) is 6.45. The zero-order valence-corrected chi connectivity index (χ0v) is 29.1. The van der Waals surface area contributed by atoms with Crippen molar-refractivity contribution in [2.75, 3.05) is 44.1 Å². The molecule has 0 atom stereocenters. The van der Waals surface area contributed by atoms with Crippen LogP contribution in [0.5, 0.6) is 5.75 Å². The molecule has 1 aliphatic heterocycles. The first-order valence-electron chi connectivity index (χ1n) is 15.7. The normalized spacial score (nSPS) is 12.2. The molecule has 14 heteroatoms. The van der Waals surface area contributed by atoms with Gasteiger partial charge < -0.3 is 24.6 Å². The fourth-order valence-electron chi connectivity index (χ4n) is 5.27. The van der Waals surface area contributed by atoms with Gasteiger partial charge in [-0.3, -0.25) is 4.79 Å². The van der Waals surface area contributed by atoms with Crippen molar-refractivity contribution in [1.82, 2.24) is 25.1 Å². The van der Waals surface area contributed by atoms with Gasteiger partial charge in [0.15, 0.2) is 39.2 Å². The topological polar surface area (TPSA) is 123 Å². The van der Waals surface area contributed by atoms with Crippen LogP contribution in [0.4, 0.5) is 26.3 Å². The Bertz CT molecular complexity index is 2050. The maximum Gasteiger partial charge on any atom is 0.357 e. The summed E-state index contributed by atoms with van der Waals surface area (Å²) in [5, 5.41) is 13.9. The maximum atomic E-state index is 14.7. The van der Waals surface area contributed by atoms with E-state index in [4.69, 9.17) is 14.5 Å². The van der Waals surface area contributed by atoms with Crippen molar-refractivity contribution in [3.8, 4) is 17.6 Å². The number of nitrogens with one attached hydrogen (secondary N) is 1. The van der Waals surface area contributed by atoms with Crippen molar-refractivity contribution in [1.29, 1.82) is 0 Å². The maximum absolute atomic E-state index is 14.7. The molecule has 0 fully saturated rings. The molecule has 4 heterocycles. The second-order valence-corrected chi connectivity index (χ2v) is 13.5. The molecule has 5 aromatic rings. The van der Waals surface area contributed by atoms with Crippen molar-refractivity contribution in [2.24, 2.45) is 0 Å². The second kappa shape index (κ2) is 15.0. The van der Waals surface area contributed by atoms with E-state index in [1.807, 2.05) is 36.1 Å². The van der Waals surface area contributed by atoms with Gasteiger partial charge in [0.25, 0.3) is 0 Å². The van der Waals surface area contributed by atoms with E-state index < -0.39 is 11.8 Å². The van der Waals surface area contributed by atoms with Crippen LogP contribution in [0.15, 0.2) is 42.5 Å². The molecular weight excluding hydrogens is 666 g/mol. The highest BCUT2D eigenvalue weighted by molar-refractivity contribution is 7.22. The molecule has 1 amide bonds. The van der Waals surface area contributed by atoms with Gasteiger partial charge in [-0.05, 0) is 62.9 Å². The summed E-state index contributed by atoms with van der Waals surface area (Å²) >= 11 is 2.97. The molecule has 0 bridgehead atoms. The van der Waals surface area contributed by atoms with Gasteiger partial charge in [-0.15, -0.1) is 21.5 Å². The minimum atomic E-state index is -0.527. The lowest BCUT2D eigenvalue weighted by molar-refractivity contribution is -0.126. The Morgan fingerprint density at radius 3 is 2.76 bits per heavy atom. The number of methoxy groups -OCH3 is 1. The number of benzene rings is 2. The summed E-state index contributed by atoms with van der Waals surface area (Å²) in [7, 11) is 2.98. The third kappa shape index (κ3) is 7.63. The molecule has 0 radical (unpaired) electrons. The molecule has 1 N–H and O–H groups in total. The number of fused-ring (bicyclic) bond motifs is 2. The highest BCUT2D eigenvalue weighted by Gasteiger charge is 2.29. The number of aryl methyl sites for hydroxylation is 1. The summed E-state index contributed by atoms with van der Waals surface area (Å²) in [6, 6.07) is 12.5. The number of para-hydroxylation sites is 1. The molecular formula is C35H34FN7O4S2. The number of rotatable bonds is 10. The molecule has 6 rings (SSSR count). The van der Waals surface area contributed by atoms with Crippen LogP contribution in [-0.2, 0) is 22.4 Å². The van der Waals surface area contributed by atoms with Gasteiger partial charge in [0, 0.05) is 42.1 Å². The molecule has 1 aliphatic rings. The van der Waals surface area contributed by atoms with E-state index in [-0.39, 0.29) is 30.5 Å². The minimum Gasteiger partial charge on any atom is -0.491 e. The lowest BCUT2D eigenvalue weighted by Crippen LogP contribution is -2.27. The first kappa shape index (κ1) is 33.8. The van der Waals surface area contributed by atoms with Crippen LogP contribution < -0.4 is 15.0 Å². The number of nitrogens with zero attached hydrogens (tertiary/aromatic N) is 6. The number of hydrogen-bond donors (Lipinski definition) is 1. The minimum absolute atomic E-state index is 0.0946. The lowest BCUT2D eigenvalue weighted by Gasteiger charge is -2.28. The fraction of sp³-hybridized carbons (Fsp3) is 0.314. The molecule has 0 aliphatic carbocycles. The number of aromatic nitrogens is 4. The number of carbonyl (C=O) groups is 2. The Morgan fingerprint density at radius 1 is 1.14 bits per heavy atom. The average Bonchev–Trinajstić information content (AvgIpc) is 3.72. The number of amides is 1. The Kier molecular flexibility index (Phi) is 10.3. The van der Waals surface area contributed by atoms with Gasteiger partial charge in [0.05, 0.1) is 30.5 Å². The Balaban J connectivity index is 1.13. The SMILES string of the molecule is COC(=O)c1nc(N2CCCc3c2nnc(Nc2nc4ccccc4s2)c3C)sc1CCCOc1ccc(C#CCN(C)C(C)=O)cc1F. The Morgan fingerprint density at radius 2 is 1.98 bits per heavy atom. The van der Waals surface area contributed by atoms with Crippen LogP contribution >= 0.6 is 22.7 Å². The average molecular weight is 700 g/mol. The molecule has 11 nitrogen and oxygen atoms in total. The first-order chi connectivity index (χ1) is 23.7. The number of ether oxygens (including phenoxy) is 2. The smallest absolute Gasteiger partial charge is 0.357 e. The van der Waals surface area contributed by atoms with E-state index >= 15 is 0 Å². The summed E-state index contributed by atoms with van der Waals surface area (Å²) < 4.78 is 26.6. The van der Waals surface area contributed by atoms with E-state index in [0.29, 0.717) is 41.7 Å². The van der Waals surface area contributed by atoms with Crippen molar-refractivity contribution < 1.29 is 23.5 Å². The van der Waals surface area contributed by atoms with Crippen LogP contribution in [0.3, 0.4) is 0 Å². The standard InChI is InChI=1S/C35H34FN7O4S2/c1-21-24-11-8-18-43(32(24)41-40-31(21)39-34-37-26-12-5-6-13-28(26)48-34)35-38-30(33(45)46-4)29(49-35)14-9-19-47-27-16-15-23(20-25(27)36)10-7-17-42(3)22(2)44/h5-6,12-13,15-16,20H,8-9,11,14,17-19H2,1-4H3,(H,37,39,40). The predicted molar refractivity (Wildman–Crippen MR) is 189 cm³/mol. The van der Waals surface area contributed by atoms with Crippen LogP contribution in [0, 0.1) is 24.6 Å². The van der Waals surface area contributed by atoms with Gasteiger partial charge in [-0.2, -0.15) is 0 Å². The quantitative estimate of drug-likeness (QED) is 0.0989. The van der Waals surface area contributed by atoms with Crippen LogP contribution in [0.25, 0.3) is 10.2 Å². The molecule has 0 spiro atoms. The van der Waals surface area contributed by atoms with Gasteiger partial charge >= 0.3 is 5.97 Å². The molecule has 0 unspecified atom stereocenters. The summed E-state index contributed by atoms with van der Waals surface area (Å²) in [5.41, 5.74) is 3.72. The van der Waals surface area contributed by atoms with Crippen molar-refractivity contribution in [3.63, 3.8) is 0 Å². The van der Waals surface area contributed by atoms with E-state index in [0.717, 1.165) is 44.2 Å². The van der Waals surface area contributed by atoms with Crippen LogP contribution in [0.2, 0.25) is 0 Å². The molecule has 49 heavy (non-hydrogen) atoms. The number of hydrogen-bond acceptors (Lipinski definition) is 12. The van der Waals surface area contributed by atoms with Crippen LogP contribution in [-0.4, -0.2) is 70.8 Å². The molecule has 2 aromatic carbocycles. The van der Waals surface area contributed by atoms with Gasteiger partial charge in [0.2, 0.25) is 5.91 Å². The van der Waals surface area contributed by atoms with Gasteiger partial charge in [-0.1, -0.05) is 35.3 Å². The summed E-state index contributed by atoms with van der Waals surface area (Å²) in [5.74, 6) is 6.06. The monoisotopic (exact) mass is 699 g/mol. The van der Waals surface area contributed by atoms with E-state index in [9.17, 15) is 14.0 Å². The van der Waals surface area contributed by atoms with E-state index in [2.05, 4.69) is 32.3 Å². The van der Waals surface area contributed by atoms with E-state index in [1.54, 1.807) is 24.5 Å². The summed E-state index contributed by atoms with van der Waals surface area (Å²) in [6.45, 7) is 4.64. The van der Waals surface area contributed by atoms with Gasteiger partial charge in [0.1, 0.15) is 0 Å². The highest BCUT2D eigenvalue weighted by atomic mass is 32.1. The number of halogens is 1. The first-order valence-corrected chi connectivity index (χ1v) is 17.3.